The lowest BCUT2D eigenvalue weighted by Crippen LogP contribution is -2.35. The van der Waals surface area contributed by atoms with Gasteiger partial charge in [-0.2, -0.15) is 10.4 Å². The first-order valence-electron chi connectivity index (χ1n) is 11.0. The number of nitrogens with zero attached hydrogens (tertiary/aromatic N) is 4. The molecule has 0 atom stereocenters. The van der Waals surface area contributed by atoms with Crippen molar-refractivity contribution in [3.8, 4) is 28.7 Å². The van der Waals surface area contributed by atoms with Crippen molar-refractivity contribution in [2.45, 2.75) is 19.5 Å². The number of carbonyl (C=O) groups excluding carboxylic acids is 1. The number of ether oxygens (including phenoxy) is 2. The maximum Gasteiger partial charge on any atom is 0.187 e. The molecule has 2 aromatic carbocycles. The third kappa shape index (κ3) is 4.21. The van der Waals surface area contributed by atoms with Crippen LogP contribution in [-0.2, 0) is 19.5 Å². The van der Waals surface area contributed by atoms with E-state index in [1.54, 1.807) is 0 Å². The first-order chi connectivity index (χ1) is 16.2. The van der Waals surface area contributed by atoms with Gasteiger partial charge in [-0.3, -0.25) is 14.4 Å². The molecule has 5 rings (SSSR count). The van der Waals surface area contributed by atoms with Crippen molar-refractivity contribution in [1.82, 2.24) is 14.7 Å². The number of Topliss-reactive ketones (excluding diaryl/α,β-unsaturated/α-hetero) is 1. The van der Waals surface area contributed by atoms with E-state index in [0.717, 1.165) is 23.4 Å². The van der Waals surface area contributed by atoms with Crippen LogP contribution in [-0.4, -0.2) is 58.5 Å². The van der Waals surface area contributed by atoms with Gasteiger partial charge < -0.3 is 14.6 Å². The molecule has 0 aliphatic carbocycles. The summed E-state index contributed by atoms with van der Waals surface area (Å²) in [5.74, 6) is 1.22. The maximum absolute atomic E-state index is 13.1. The third-order valence-electron chi connectivity index (χ3n) is 6.05. The van der Waals surface area contributed by atoms with Crippen LogP contribution in [0.1, 0.15) is 27.3 Å². The Bertz CT molecular complexity index is 1240. The number of nitriles is 1. The van der Waals surface area contributed by atoms with Gasteiger partial charge in [0.2, 0.25) is 0 Å². The molecule has 0 saturated heterocycles. The molecule has 8 nitrogen and oxygen atoms in total. The Balaban J connectivity index is 1.40. The highest BCUT2D eigenvalue weighted by molar-refractivity contribution is 5.96. The van der Waals surface area contributed by atoms with Gasteiger partial charge in [-0.25, -0.2) is 0 Å². The van der Waals surface area contributed by atoms with E-state index in [2.05, 4.69) is 16.1 Å². The topological polar surface area (TPSA) is 101 Å². The lowest BCUT2D eigenvalue weighted by Gasteiger charge is -2.26. The second-order valence-electron chi connectivity index (χ2n) is 8.15. The molecule has 168 valence electrons. The van der Waals surface area contributed by atoms with Gasteiger partial charge in [0.1, 0.15) is 25.0 Å². The number of hydrogen-bond acceptors (Lipinski definition) is 7. The summed E-state index contributed by atoms with van der Waals surface area (Å²) >= 11 is 0. The number of β-amino-alcohol motifs (C(OH)–C–C–N with tert-alkyl or cyclic N) is 1. The second-order valence-corrected chi connectivity index (χ2v) is 8.15. The quantitative estimate of drug-likeness (QED) is 0.583. The molecule has 0 fully saturated rings. The Morgan fingerprint density at radius 1 is 1.12 bits per heavy atom. The number of ketones is 1. The molecule has 0 saturated carbocycles. The van der Waals surface area contributed by atoms with Crippen LogP contribution in [0.3, 0.4) is 0 Å². The molecular weight excluding hydrogens is 420 g/mol. The molecule has 0 bridgehead atoms. The number of aliphatic hydroxyl groups is 1. The molecular formula is C25H24N4O4. The fourth-order valence-electron chi connectivity index (χ4n) is 4.38. The number of fused-ring (bicyclic) bond motifs is 2. The fraction of sp³-hybridized carbons (Fsp3) is 0.320. The summed E-state index contributed by atoms with van der Waals surface area (Å²) < 4.78 is 13.1. The summed E-state index contributed by atoms with van der Waals surface area (Å²) in [5, 5.41) is 23.6. The van der Waals surface area contributed by atoms with Gasteiger partial charge >= 0.3 is 0 Å². The third-order valence-corrected chi connectivity index (χ3v) is 6.05. The van der Waals surface area contributed by atoms with Crippen LogP contribution in [0.4, 0.5) is 0 Å². The second kappa shape index (κ2) is 9.06. The minimum Gasteiger partial charge on any atom is -0.486 e. The SMILES string of the molecule is N#Cc1c(CC(=O)c2cc3n(n2)CCN(CCO)C3)cccc1-c1ccc2c(c1)OCCO2. The smallest absolute Gasteiger partial charge is 0.187 e. The highest BCUT2D eigenvalue weighted by Crippen LogP contribution is 2.36. The average molecular weight is 444 g/mol. The molecule has 1 N–H and O–H groups in total. The van der Waals surface area contributed by atoms with Gasteiger partial charge in [-0.05, 0) is 34.9 Å². The molecule has 33 heavy (non-hydrogen) atoms. The number of carbonyl (C=O) groups is 1. The molecule has 8 heteroatoms. The van der Waals surface area contributed by atoms with Crippen molar-refractivity contribution < 1.29 is 19.4 Å². The number of aliphatic hydroxyl groups excluding tert-OH is 1. The molecule has 2 aliphatic rings. The van der Waals surface area contributed by atoms with Crippen LogP contribution in [0, 0.1) is 11.3 Å². The van der Waals surface area contributed by atoms with Crippen LogP contribution in [0.15, 0.2) is 42.5 Å². The monoisotopic (exact) mass is 444 g/mol. The van der Waals surface area contributed by atoms with Crippen LogP contribution >= 0.6 is 0 Å². The highest BCUT2D eigenvalue weighted by Gasteiger charge is 2.22. The molecule has 0 radical (unpaired) electrons. The lowest BCUT2D eigenvalue weighted by molar-refractivity contribution is 0.0987. The first-order valence-corrected chi connectivity index (χ1v) is 11.0. The summed E-state index contributed by atoms with van der Waals surface area (Å²) in [6, 6.07) is 15.3. The predicted molar refractivity (Wildman–Crippen MR) is 120 cm³/mol. The Hall–Kier alpha value is -3.67. The summed E-state index contributed by atoms with van der Waals surface area (Å²) in [6.07, 6.45) is 0.0953. The van der Waals surface area contributed by atoms with E-state index < -0.39 is 0 Å². The van der Waals surface area contributed by atoms with Crippen LogP contribution < -0.4 is 9.47 Å². The van der Waals surface area contributed by atoms with Crippen molar-refractivity contribution in [2.75, 3.05) is 32.9 Å². The van der Waals surface area contributed by atoms with Crippen molar-refractivity contribution in [3.63, 3.8) is 0 Å². The zero-order valence-electron chi connectivity index (χ0n) is 18.2. The van der Waals surface area contributed by atoms with E-state index in [1.807, 2.05) is 47.1 Å². The summed E-state index contributed by atoms with van der Waals surface area (Å²) in [5.41, 5.74) is 4.10. The summed E-state index contributed by atoms with van der Waals surface area (Å²) in [4.78, 5) is 15.2. The van der Waals surface area contributed by atoms with E-state index in [1.165, 1.54) is 0 Å². The van der Waals surface area contributed by atoms with Gasteiger partial charge in [0.15, 0.2) is 17.3 Å². The molecule has 3 aromatic rings. The van der Waals surface area contributed by atoms with Crippen molar-refractivity contribution in [3.05, 3.63) is 65.0 Å². The zero-order valence-corrected chi connectivity index (χ0v) is 18.2. The number of rotatable bonds is 6. The molecule has 2 aliphatic heterocycles. The van der Waals surface area contributed by atoms with E-state index in [4.69, 9.17) is 9.47 Å². The Kier molecular flexibility index (Phi) is 5.82. The minimum absolute atomic E-state index is 0.0953. The Morgan fingerprint density at radius 3 is 2.79 bits per heavy atom. The summed E-state index contributed by atoms with van der Waals surface area (Å²) in [7, 11) is 0. The van der Waals surface area contributed by atoms with Gasteiger partial charge in [-0.1, -0.05) is 24.3 Å². The molecule has 3 heterocycles. The van der Waals surface area contributed by atoms with Crippen molar-refractivity contribution in [2.24, 2.45) is 0 Å². The molecule has 1 aromatic heterocycles. The minimum atomic E-state index is -0.124. The zero-order chi connectivity index (χ0) is 22.8. The normalized spacial score (nSPS) is 15.0. The van der Waals surface area contributed by atoms with E-state index in [0.29, 0.717) is 61.2 Å². The molecule has 0 unspecified atom stereocenters. The van der Waals surface area contributed by atoms with Crippen LogP contribution in [0.5, 0.6) is 11.5 Å². The Labute approximate surface area is 191 Å². The largest absolute Gasteiger partial charge is 0.486 e. The van der Waals surface area contributed by atoms with Crippen molar-refractivity contribution >= 4 is 5.78 Å². The Morgan fingerprint density at radius 2 is 1.97 bits per heavy atom. The average Bonchev–Trinajstić information content (AvgIpc) is 3.27. The first kappa shape index (κ1) is 21.2. The lowest BCUT2D eigenvalue weighted by atomic mass is 9.93. The van der Waals surface area contributed by atoms with Crippen LogP contribution in [0.25, 0.3) is 11.1 Å². The van der Waals surface area contributed by atoms with E-state index in [-0.39, 0.29) is 18.8 Å². The number of benzene rings is 2. The van der Waals surface area contributed by atoms with Crippen LogP contribution in [0.2, 0.25) is 0 Å². The predicted octanol–water partition coefficient (Wildman–Crippen LogP) is 2.43. The fourth-order valence-corrected chi connectivity index (χ4v) is 4.38. The standard InChI is InChI=1S/C25H24N4O4/c26-15-21-17(2-1-3-20(21)18-4-5-24-25(13-18)33-11-10-32-24)12-23(31)22-14-19-16-28(8-9-30)6-7-29(19)27-22/h1-5,13-14,30H,6-12,16H2. The molecule has 0 amide bonds. The van der Waals surface area contributed by atoms with Crippen molar-refractivity contribution in [1.29, 1.82) is 5.26 Å². The van der Waals surface area contributed by atoms with Gasteiger partial charge in [0.25, 0.3) is 0 Å². The van der Waals surface area contributed by atoms with Gasteiger partial charge in [-0.15, -0.1) is 0 Å². The highest BCUT2D eigenvalue weighted by atomic mass is 16.6. The number of aromatic nitrogens is 2. The van der Waals surface area contributed by atoms with E-state index >= 15 is 0 Å². The number of hydrogen-bond donors (Lipinski definition) is 1. The molecule has 0 spiro atoms. The van der Waals surface area contributed by atoms with Gasteiger partial charge in [0.05, 0.1) is 24.4 Å². The maximum atomic E-state index is 13.1. The van der Waals surface area contributed by atoms with E-state index in [9.17, 15) is 15.2 Å². The summed E-state index contributed by atoms with van der Waals surface area (Å²) in [6.45, 7) is 3.85. The van der Waals surface area contributed by atoms with Gasteiger partial charge in [0, 0.05) is 26.1 Å².